The SMILES string of the molecule is Nc1ccc(C(=O)OCc2cccc(F)c2Cl)cc1Cl. The lowest BCUT2D eigenvalue weighted by molar-refractivity contribution is 0.0472. The van der Waals surface area contributed by atoms with Crippen molar-refractivity contribution in [3.63, 3.8) is 0 Å². The molecule has 0 bridgehead atoms. The van der Waals surface area contributed by atoms with Crippen molar-refractivity contribution in [3.8, 4) is 0 Å². The molecule has 3 nitrogen and oxygen atoms in total. The molecule has 0 aromatic heterocycles. The summed E-state index contributed by atoms with van der Waals surface area (Å²) in [5.41, 5.74) is 6.57. The van der Waals surface area contributed by atoms with Crippen molar-refractivity contribution in [3.05, 3.63) is 63.4 Å². The van der Waals surface area contributed by atoms with E-state index in [9.17, 15) is 9.18 Å². The molecule has 0 aliphatic rings. The van der Waals surface area contributed by atoms with Gasteiger partial charge < -0.3 is 10.5 Å². The van der Waals surface area contributed by atoms with Crippen LogP contribution in [0.5, 0.6) is 0 Å². The summed E-state index contributed by atoms with van der Waals surface area (Å²) >= 11 is 11.6. The highest BCUT2D eigenvalue weighted by Gasteiger charge is 2.11. The van der Waals surface area contributed by atoms with Gasteiger partial charge in [0.15, 0.2) is 0 Å². The molecule has 0 saturated carbocycles. The van der Waals surface area contributed by atoms with Gasteiger partial charge in [-0.05, 0) is 24.3 Å². The van der Waals surface area contributed by atoms with Crippen LogP contribution >= 0.6 is 23.2 Å². The van der Waals surface area contributed by atoms with Crippen molar-refractivity contribution in [2.75, 3.05) is 5.73 Å². The molecule has 0 radical (unpaired) electrons. The summed E-state index contributed by atoms with van der Waals surface area (Å²) in [5.74, 6) is -1.15. The number of hydrogen-bond acceptors (Lipinski definition) is 3. The van der Waals surface area contributed by atoms with Crippen molar-refractivity contribution in [2.24, 2.45) is 0 Å². The van der Waals surface area contributed by atoms with Crippen molar-refractivity contribution in [1.29, 1.82) is 0 Å². The molecule has 2 aromatic rings. The number of benzene rings is 2. The molecule has 2 aromatic carbocycles. The Bertz CT molecular complexity index is 662. The van der Waals surface area contributed by atoms with E-state index >= 15 is 0 Å². The predicted molar refractivity (Wildman–Crippen MR) is 76.4 cm³/mol. The second-order valence-electron chi connectivity index (χ2n) is 4.03. The number of nitrogens with two attached hydrogens (primary N) is 1. The molecule has 0 aliphatic heterocycles. The second kappa shape index (κ2) is 6.11. The number of halogens is 3. The van der Waals surface area contributed by atoms with Gasteiger partial charge in [0.1, 0.15) is 12.4 Å². The maximum absolute atomic E-state index is 13.2. The van der Waals surface area contributed by atoms with E-state index in [4.69, 9.17) is 33.7 Å². The molecule has 104 valence electrons. The topological polar surface area (TPSA) is 52.3 Å². The zero-order valence-electron chi connectivity index (χ0n) is 10.2. The predicted octanol–water partition coefficient (Wildman–Crippen LogP) is 4.07. The molecule has 0 unspecified atom stereocenters. The molecular formula is C14H10Cl2FNO2. The van der Waals surface area contributed by atoms with E-state index < -0.39 is 11.8 Å². The first-order valence-electron chi connectivity index (χ1n) is 5.64. The standard InChI is InChI=1S/C14H10Cl2FNO2/c15-10-6-8(4-5-12(10)18)14(19)20-7-9-2-1-3-11(17)13(9)16/h1-6H,7,18H2. The lowest BCUT2D eigenvalue weighted by Crippen LogP contribution is -2.06. The van der Waals surface area contributed by atoms with Gasteiger partial charge in [0.2, 0.25) is 0 Å². The van der Waals surface area contributed by atoms with Crippen LogP contribution in [-0.4, -0.2) is 5.97 Å². The van der Waals surface area contributed by atoms with Gasteiger partial charge in [-0.15, -0.1) is 0 Å². The van der Waals surface area contributed by atoms with Gasteiger partial charge in [-0.1, -0.05) is 35.3 Å². The van der Waals surface area contributed by atoms with Gasteiger partial charge in [0.05, 0.1) is 21.3 Å². The highest BCUT2D eigenvalue weighted by molar-refractivity contribution is 6.33. The van der Waals surface area contributed by atoms with E-state index in [1.54, 1.807) is 6.07 Å². The van der Waals surface area contributed by atoms with E-state index in [0.717, 1.165) is 0 Å². The molecule has 0 fully saturated rings. The number of carbonyl (C=O) groups is 1. The summed E-state index contributed by atoms with van der Waals surface area (Å²) < 4.78 is 18.3. The summed E-state index contributed by atoms with van der Waals surface area (Å²) in [7, 11) is 0. The Hall–Kier alpha value is -1.78. The molecule has 0 saturated heterocycles. The molecule has 20 heavy (non-hydrogen) atoms. The molecule has 6 heteroatoms. The lowest BCUT2D eigenvalue weighted by Gasteiger charge is -2.08. The van der Waals surface area contributed by atoms with Crippen LogP contribution in [0.1, 0.15) is 15.9 Å². The quantitative estimate of drug-likeness (QED) is 0.686. The van der Waals surface area contributed by atoms with Crippen LogP contribution in [-0.2, 0) is 11.3 Å². The fourth-order valence-corrected chi connectivity index (χ4v) is 1.90. The molecule has 0 aliphatic carbocycles. The molecule has 0 amide bonds. The van der Waals surface area contributed by atoms with Crippen LogP contribution in [0.25, 0.3) is 0 Å². The number of anilines is 1. The Morgan fingerprint density at radius 2 is 2.00 bits per heavy atom. The number of nitrogen functional groups attached to an aromatic ring is 1. The van der Waals surface area contributed by atoms with Crippen LogP contribution < -0.4 is 5.73 Å². The average molecular weight is 314 g/mol. The third-order valence-corrected chi connectivity index (χ3v) is 3.38. The highest BCUT2D eigenvalue weighted by Crippen LogP contribution is 2.22. The zero-order chi connectivity index (χ0) is 14.7. The van der Waals surface area contributed by atoms with Crippen LogP contribution in [0, 0.1) is 5.82 Å². The van der Waals surface area contributed by atoms with Gasteiger partial charge >= 0.3 is 5.97 Å². The summed E-state index contributed by atoms with van der Waals surface area (Å²) in [6.07, 6.45) is 0. The van der Waals surface area contributed by atoms with Crippen molar-refractivity contribution in [2.45, 2.75) is 6.61 Å². The van der Waals surface area contributed by atoms with Crippen LogP contribution in [0.15, 0.2) is 36.4 Å². The molecule has 0 heterocycles. The maximum atomic E-state index is 13.2. The number of hydrogen-bond donors (Lipinski definition) is 1. The maximum Gasteiger partial charge on any atom is 0.338 e. The first-order valence-corrected chi connectivity index (χ1v) is 6.39. The van der Waals surface area contributed by atoms with Crippen LogP contribution in [0.2, 0.25) is 10.0 Å². The Balaban J connectivity index is 2.08. The molecule has 2 rings (SSSR count). The van der Waals surface area contributed by atoms with Gasteiger partial charge in [-0.25, -0.2) is 9.18 Å². The zero-order valence-corrected chi connectivity index (χ0v) is 11.7. The Morgan fingerprint density at radius 3 is 2.70 bits per heavy atom. The number of esters is 1. The summed E-state index contributed by atoms with van der Waals surface area (Å²) in [6, 6.07) is 8.71. The Labute approximate surface area is 125 Å². The molecule has 0 spiro atoms. The van der Waals surface area contributed by atoms with Gasteiger partial charge in [0, 0.05) is 5.56 Å². The van der Waals surface area contributed by atoms with E-state index in [1.165, 1.54) is 30.3 Å². The van der Waals surface area contributed by atoms with Gasteiger partial charge in [-0.3, -0.25) is 0 Å². The van der Waals surface area contributed by atoms with E-state index in [0.29, 0.717) is 11.3 Å². The second-order valence-corrected chi connectivity index (χ2v) is 4.81. The number of rotatable bonds is 3. The first-order chi connectivity index (χ1) is 9.49. The number of carbonyl (C=O) groups excluding carboxylic acids is 1. The minimum Gasteiger partial charge on any atom is -0.457 e. The average Bonchev–Trinajstić information content (AvgIpc) is 2.43. The van der Waals surface area contributed by atoms with Gasteiger partial charge in [-0.2, -0.15) is 0 Å². The highest BCUT2D eigenvalue weighted by atomic mass is 35.5. The Morgan fingerprint density at radius 1 is 1.25 bits per heavy atom. The van der Waals surface area contributed by atoms with E-state index in [1.807, 2.05) is 0 Å². The van der Waals surface area contributed by atoms with Gasteiger partial charge in [0.25, 0.3) is 0 Å². The van der Waals surface area contributed by atoms with E-state index in [-0.39, 0.29) is 22.2 Å². The van der Waals surface area contributed by atoms with E-state index in [2.05, 4.69) is 0 Å². The first kappa shape index (κ1) is 14.6. The smallest absolute Gasteiger partial charge is 0.338 e. The van der Waals surface area contributed by atoms with Crippen LogP contribution in [0.3, 0.4) is 0 Å². The fourth-order valence-electron chi connectivity index (χ4n) is 1.54. The third-order valence-electron chi connectivity index (χ3n) is 2.63. The largest absolute Gasteiger partial charge is 0.457 e. The summed E-state index contributed by atoms with van der Waals surface area (Å²) in [4.78, 5) is 11.8. The normalized spacial score (nSPS) is 10.3. The molecule has 0 atom stereocenters. The molecular weight excluding hydrogens is 304 g/mol. The van der Waals surface area contributed by atoms with Crippen molar-refractivity contribution in [1.82, 2.24) is 0 Å². The third kappa shape index (κ3) is 3.21. The minimum absolute atomic E-state index is 0.0596. The number of ether oxygens (including phenoxy) is 1. The minimum atomic E-state index is -0.591. The monoisotopic (exact) mass is 313 g/mol. The fraction of sp³-hybridized carbons (Fsp3) is 0.0714. The van der Waals surface area contributed by atoms with Crippen molar-refractivity contribution < 1.29 is 13.9 Å². The lowest BCUT2D eigenvalue weighted by atomic mass is 10.2. The summed E-state index contributed by atoms with van der Waals surface area (Å²) in [6.45, 7) is -0.128. The van der Waals surface area contributed by atoms with Crippen LogP contribution in [0.4, 0.5) is 10.1 Å². The molecule has 2 N–H and O–H groups in total. The Kier molecular flexibility index (Phi) is 4.47. The van der Waals surface area contributed by atoms with Crippen molar-refractivity contribution >= 4 is 34.9 Å². The summed E-state index contributed by atoms with van der Waals surface area (Å²) in [5, 5.41) is 0.207.